The molecular formula is C11H17N7. The normalized spacial score (nSPS) is 10.3. The Bertz CT molecular complexity index is 494. The third kappa shape index (κ3) is 2.93. The van der Waals surface area contributed by atoms with E-state index in [1.165, 1.54) is 6.33 Å². The molecule has 0 aliphatic heterocycles. The molecule has 0 aliphatic carbocycles. The summed E-state index contributed by atoms with van der Waals surface area (Å²) in [4.78, 5) is 8.27. The van der Waals surface area contributed by atoms with E-state index in [1.807, 2.05) is 17.6 Å². The number of hydrogen-bond donors (Lipinski definition) is 2. The molecule has 0 radical (unpaired) electrons. The second-order valence-corrected chi connectivity index (χ2v) is 3.71. The summed E-state index contributed by atoms with van der Waals surface area (Å²) in [5.74, 6) is 2.47. The van der Waals surface area contributed by atoms with Crippen LogP contribution in [0.3, 0.4) is 0 Å². The molecule has 0 saturated heterocycles. The number of aromatic nitrogens is 5. The molecule has 0 aliphatic rings. The van der Waals surface area contributed by atoms with Crippen molar-refractivity contribution in [2.75, 3.05) is 17.2 Å². The Kier molecular flexibility index (Phi) is 4.06. The van der Waals surface area contributed by atoms with Crippen LogP contribution < -0.4 is 10.6 Å². The molecule has 0 spiro atoms. The topological polar surface area (TPSA) is 80.5 Å². The van der Waals surface area contributed by atoms with Crippen LogP contribution in [0.2, 0.25) is 0 Å². The van der Waals surface area contributed by atoms with Gasteiger partial charge in [-0.05, 0) is 13.8 Å². The zero-order valence-electron chi connectivity index (χ0n) is 10.6. The lowest BCUT2D eigenvalue weighted by molar-refractivity contribution is 0.707. The molecule has 0 amide bonds. The monoisotopic (exact) mass is 247 g/mol. The van der Waals surface area contributed by atoms with Gasteiger partial charge in [0, 0.05) is 19.2 Å². The van der Waals surface area contributed by atoms with E-state index in [-0.39, 0.29) is 0 Å². The molecule has 2 aromatic heterocycles. The molecule has 18 heavy (non-hydrogen) atoms. The summed E-state index contributed by atoms with van der Waals surface area (Å²) < 4.78 is 1.99. The minimum Gasteiger partial charge on any atom is -0.370 e. The number of aryl methyl sites for hydroxylation is 1. The molecule has 2 heterocycles. The number of hydrogen-bond acceptors (Lipinski definition) is 6. The molecule has 0 aromatic carbocycles. The maximum Gasteiger partial charge on any atom is 0.152 e. The zero-order valence-corrected chi connectivity index (χ0v) is 10.6. The first kappa shape index (κ1) is 12.3. The molecule has 0 unspecified atom stereocenters. The van der Waals surface area contributed by atoms with Crippen molar-refractivity contribution in [1.82, 2.24) is 24.7 Å². The third-order valence-corrected chi connectivity index (χ3v) is 2.49. The van der Waals surface area contributed by atoms with E-state index in [0.29, 0.717) is 6.54 Å². The molecular weight excluding hydrogens is 230 g/mol. The third-order valence-electron chi connectivity index (χ3n) is 2.49. The highest BCUT2D eigenvalue weighted by atomic mass is 15.3. The molecule has 0 saturated carbocycles. The van der Waals surface area contributed by atoms with Crippen LogP contribution in [0, 0.1) is 0 Å². The van der Waals surface area contributed by atoms with Gasteiger partial charge in [0.1, 0.15) is 24.3 Å². The van der Waals surface area contributed by atoms with Gasteiger partial charge in [-0.25, -0.2) is 9.97 Å². The smallest absolute Gasteiger partial charge is 0.152 e. The van der Waals surface area contributed by atoms with Gasteiger partial charge in [0.15, 0.2) is 5.82 Å². The summed E-state index contributed by atoms with van der Waals surface area (Å²) in [6, 6.07) is 1.87. The first-order valence-electron chi connectivity index (χ1n) is 6.00. The van der Waals surface area contributed by atoms with Crippen LogP contribution >= 0.6 is 0 Å². The van der Waals surface area contributed by atoms with Crippen LogP contribution in [0.5, 0.6) is 0 Å². The Balaban J connectivity index is 1.99. The van der Waals surface area contributed by atoms with Crippen molar-refractivity contribution in [3.05, 3.63) is 24.5 Å². The van der Waals surface area contributed by atoms with Crippen LogP contribution in [-0.2, 0) is 13.1 Å². The maximum atomic E-state index is 4.16. The second-order valence-electron chi connectivity index (χ2n) is 3.71. The van der Waals surface area contributed by atoms with Gasteiger partial charge in [-0.1, -0.05) is 0 Å². The summed E-state index contributed by atoms with van der Waals surface area (Å²) in [5.41, 5.74) is 0. The van der Waals surface area contributed by atoms with Crippen molar-refractivity contribution < 1.29 is 0 Å². The largest absolute Gasteiger partial charge is 0.370 e. The zero-order chi connectivity index (χ0) is 12.8. The molecule has 0 fully saturated rings. The predicted octanol–water partition coefficient (Wildman–Crippen LogP) is 1.13. The molecule has 7 nitrogen and oxygen atoms in total. The summed E-state index contributed by atoms with van der Waals surface area (Å²) in [5, 5.41) is 14.3. The van der Waals surface area contributed by atoms with Gasteiger partial charge in [0.05, 0.1) is 6.54 Å². The maximum absolute atomic E-state index is 4.16. The summed E-state index contributed by atoms with van der Waals surface area (Å²) in [6.45, 7) is 6.37. The van der Waals surface area contributed by atoms with E-state index in [1.54, 1.807) is 6.33 Å². The van der Waals surface area contributed by atoms with E-state index in [2.05, 4.69) is 37.7 Å². The van der Waals surface area contributed by atoms with E-state index >= 15 is 0 Å². The van der Waals surface area contributed by atoms with Crippen LogP contribution in [-0.4, -0.2) is 31.3 Å². The van der Waals surface area contributed by atoms with Crippen molar-refractivity contribution in [2.45, 2.75) is 26.9 Å². The van der Waals surface area contributed by atoms with Crippen molar-refractivity contribution in [1.29, 1.82) is 0 Å². The van der Waals surface area contributed by atoms with E-state index in [0.717, 1.165) is 30.5 Å². The van der Waals surface area contributed by atoms with Crippen LogP contribution in [0.4, 0.5) is 11.6 Å². The van der Waals surface area contributed by atoms with Gasteiger partial charge in [0.25, 0.3) is 0 Å². The number of anilines is 2. The number of rotatable bonds is 6. The van der Waals surface area contributed by atoms with Gasteiger partial charge in [0.2, 0.25) is 0 Å². The molecule has 0 bridgehead atoms. The SMILES string of the molecule is CCNc1cc(NCc2nncn2CC)ncn1. The molecule has 7 heteroatoms. The minimum absolute atomic E-state index is 0.594. The van der Waals surface area contributed by atoms with E-state index in [4.69, 9.17) is 0 Å². The highest BCUT2D eigenvalue weighted by Gasteiger charge is 2.03. The quantitative estimate of drug-likeness (QED) is 0.796. The molecule has 2 N–H and O–H groups in total. The molecule has 96 valence electrons. The summed E-state index contributed by atoms with van der Waals surface area (Å²) in [7, 11) is 0. The Labute approximate surface area is 106 Å². The van der Waals surface area contributed by atoms with Gasteiger partial charge in [-0.15, -0.1) is 10.2 Å². The highest BCUT2D eigenvalue weighted by molar-refractivity contribution is 5.46. The standard InChI is InChI=1S/C11H17N7/c1-3-12-9-5-10(15-7-14-9)13-6-11-17-16-8-18(11)4-2/h5,7-8H,3-4,6H2,1-2H3,(H2,12,13,14,15). The van der Waals surface area contributed by atoms with Crippen LogP contribution in [0.1, 0.15) is 19.7 Å². The fourth-order valence-corrected chi connectivity index (χ4v) is 1.58. The number of nitrogens with zero attached hydrogens (tertiary/aromatic N) is 5. The Morgan fingerprint density at radius 2 is 1.94 bits per heavy atom. The van der Waals surface area contributed by atoms with Crippen molar-refractivity contribution in [3.8, 4) is 0 Å². The average molecular weight is 247 g/mol. The Morgan fingerprint density at radius 1 is 1.17 bits per heavy atom. The molecule has 0 atom stereocenters. The Morgan fingerprint density at radius 3 is 2.67 bits per heavy atom. The lowest BCUT2D eigenvalue weighted by atomic mass is 10.4. The molecule has 2 rings (SSSR count). The predicted molar refractivity (Wildman–Crippen MR) is 69.2 cm³/mol. The lowest BCUT2D eigenvalue weighted by Crippen LogP contribution is -2.09. The van der Waals surface area contributed by atoms with Gasteiger partial charge in [-0.2, -0.15) is 0 Å². The van der Waals surface area contributed by atoms with Gasteiger partial charge in [-0.3, -0.25) is 0 Å². The van der Waals surface area contributed by atoms with Gasteiger partial charge < -0.3 is 15.2 Å². The molecule has 2 aromatic rings. The van der Waals surface area contributed by atoms with E-state index in [9.17, 15) is 0 Å². The second kappa shape index (κ2) is 5.95. The van der Waals surface area contributed by atoms with Gasteiger partial charge >= 0.3 is 0 Å². The average Bonchev–Trinajstić information content (AvgIpc) is 2.84. The van der Waals surface area contributed by atoms with Crippen LogP contribution in [0.25, 0.3) is 0 Å². The minimum atomic E-state index is 0.594. The summed E-state index contributed by atoms with van der Waals surface area (Å²) in [6.07, 6.45) is 3.26. The van der Waals surface area contributed by atoms with Crippen molar-refractivity contribution in [3.63, 3.8) is 0 Å². The summed E-state index contributed by atoms with van der Waals surface area (Å²) >= 11 is 0. The Hall–Kier alpha value is -2.18. The van der Waals surface area contributed by atoms with E-state index < -0.39 is 0 Å². The lowest BCUT2D eigenvalue weighted by Gasteiger charge is -2.07. The fraction of sp³-hybridized carbons (Fsp3) is 0.455. The first-order chi connectivity index (χ1) is 8.83. The van der Waals surface area contributed by atoms with Crippen molar-refractivity contribution >= 4 is 11.6 Å². The van der Waals surface area contributed by atoms with Crippen LogP contribution in [0.15, 0.2) is 18.7 Å². The number of nitrogens with one attached hydrogen (secondary N) is 2. The first-order valence-corrected chi connectivity index (χ1v) is 6.00. The fourth-order valence-electron chi connectivity index (χ4n) is 1.58. The van der Waals surface area contributed by atoms with Crippen molar-refractivity contribution in [2.24, 2.45) is 0 Å². The highest BCUT2D eigenvalue weighted by Crippen LogP contribution is 2.09.